The second-order valence-corrected chi connectivity index (χ2v) is 5.73. The quantitative estimate of drug-likeness (QED) is 0.762. The van der Waals surface area contributed by atoms with Gasteiger partial charge in [-0.15, -0.1) is 0 Å². The van der Waals surface area contributed by atoms with Gasteiger partial charge in [0.1, 0.15) is 11.6 Å². The molecule has 6 heteroatoms. The van der Waals surface area contributed by atoms with Crippen LogP contribution in [0.25, 0.3) is 11.4 Å². The number of halogens is 1. The van der Waals surface area contributed by atoms with Gasteiger partial charge in [-0.2, -0.15) is 0 Å². The summed E-state index contributed by atoms with van der Waals surface area (Å²) in [4.78, 5) is 20.1. The van der Waals surface area contributed by atoms with Gasteiger partial charge < -0.3 is 14.9 Å². The van der Waals surface area contributed by atoms with Crippen LogP contribution in [0.2, 0.25) is 0 Å². The molecule has 1 aliphatic heterocycles. The first-order valence-electron chi connectivity index (χ1n) is 7.44. The van der Waals surface area contributed by atoms with Crippen LogP contribution in [-0.4, -0.2) is 20.4 Å². The SMILES string of the molecule is CC1Cc2[nH]cc(C(=O)Nc3cccc(F)c3)c2-c2nccn21. The fourth-order valence-corrected chi connectivity index (χ4v) is 3.08. The minimum absolute atomic E-state index is 0.280. The van der Waals surface area contributed by atoms with Gasteiger partial charge in [0.25, 0.3) is 5.91 Å². The predicted octanol–water partition coefficient (Wildman–Crippen LogP) is 3.39. The Morgan fingerprint density at radius 1 is 1.48 bits per heavy atom. The number of aromatic amines is 1. The monoisotopic (exact) mass is 310 g/mol. The van der Waals surface area contributed by atoms with Gasteiger partial charge in [0, 0.05) is 42.4 Å². The lowest BCUT2D eigenvalue weighted by Crippen LogP contribution is -2.18. The molecule has 23 heavy (non-hydrogen) atoms. The van der Waals surface area contributed by atoms with Gasteiger partial charge in [-0.1, -0.05) is 6.07 Å². The average Bonchev–Trinajstić information content (AvgIpc) is 3.13. The normalized spacial score (nSPS) is 15.8. The van der Waals surface area contributed by atoms with Crippen molar-refractivity contribution in [3.05, 3.63) is 59.9 Å². The summed E-state index contributed by atoms with van der Waals surface area (Å²) in [6.07, 6.45) is 6.16. The van der Waals surface area contributed by atoms with E-state index < -0.39 is 0 Å². The summed E-state index contributed by atoms with van der Waals surface area (Å²) in [7, 11) is 0. The van der Waals surface area contributed by atoms with E-state index in [1.165, 1.54) is 12.1 Å². The maximum Gasteiger partial charge on any atom is 0.257 e. The number of hydrogen-bond donors (Lipinski definition) is 2. The van der Waals surface area contributed by atoms with E-state index in [1.54, 1.807) is 24.5 Å². The second kappa shape index (κ2) is 5.08. The van der Waals surface area contributed by atoms with E-state index in [4.69, 9.17) is 0 Å². The number of carbonyl (C=O) groups excluding carboxylic acids is 1. The molecule has 0 bridgehead atoms. The van der Waals surface area contributed by atoms with Gasteiger partial charge in [-0.05, 0) is 25.1 Å². The van der Waals surface area contributed by atoms with Crippen LogP contribution in [0.4, 0.5) is 10.1 Å². The third-order valence-corrected chi connectivity index (χ3v) is 4.16. The van der Waals surface area contributed by atoms with E-state index in [-0.39, 0.29) is 17.8 Å². The number of imidazole rings is 1. The Morgan fingerprint density at radius 2 is 2.35 bits per heavy atom. The van der Waals surface area contributed by atoms with Crippen molar-refractivity contribution in [3.63, 3.8) is 0 Å². The lowest BCUT2D eigenvalue weighted by molar-refractivity contribution is 0.102. The molecule has 1 atom stereocenters. The molecule has 0 radical (unpaired) electrons. The number of H-pyrrole nitrogens is 1. The Hall–Kier alpha value is -2.89. The summed E-state index contributed by atoms with van der Waals surface area (Å²) in [5.74, 6) is 0.116. The third kappa shape index (κ3) is 2.23. The molecule has 1 amide bonds. The van der Waals surface area contributed by atoms with Crippen molar-refractivity contribution in [1.82, 2.24) is 14.5 Å². The first-order chi connectivity index (χ1) is 11.1. The Morgan fingerprint density at radius 3 is 3.17 bits per heavy atom. The number of nitrogens with one attached hydrogen (secondary N) is 2. The zero-order valence-corrected chi connectivity index (χ0v) is 12.5. The van der Waals surface area contributed by atoms with E-state index in [2.05, 4.69) is 26.8 Å². The summed E-state index contributed by atoms with van der Waals surface area (Å²) in [6, 6.07) is 6.14. The number of fused-ring (bicyclic) bond motifs is 3. The first-order valence-corrected chi connectivity index (χ1v) is 7.44. The summed E-state index contributed by atoms with van der Waals surface area (Å²) < 4.78 is 15.3. The smallest absolute Gasteiger partial charge is 0.257 e. The highest BCUT2D eigenvalue weighted by Crippen LogP contribution is 2.35. The fraction of sp³-hybridized carbons (Fsp3) is 0.176. The van der Waals surface area contributed by atoms with Crippen LogP contribution < -0.4 is 5.32 Å². The number of aromatic nitrogens is 3. The second-order valence-electron chi connectivity index (χ2n) is 5.73. The van der Waals surface area contributed by atoms with Crippen molar-refractivity contribution in [1.29, 1.82) is 0 Å². The Kier molecular flexibility index (Phi) is 3.04. The molecular weight excluding hydrogens is 295 g/mol. The van der Waals surface area contributed by atoms with Gasteiger partial charge >= 0.3 is 0 Å². The van der Waals surface area contributed by atoms with E-state index in [9.17, 15) is 9.18 Å². The Labute approximate surface area is 132 Å². The average molecular weight is 310 g/mol. The van der Waals surface area contributed by atoms with Crippen LogP contribution in [0.1, 0.15) is 29.0 Å². The van der Waals surface area contributed by atoms with E-state index in [0.717, 1.165) is 23.5 Å². The molecule has 2 aromatic heterocycles. The molecule has 1 unspecified atom stereocenters. The van der Waals surface area contributed by atoms with E-state index in [1.807, 2.05) is 6.20 Å². The van der Waals surface area contributed by atoms with Crippen molar-refractivity contribution in [2.75, 3.05) is 5.32 Å². The summed E-state index contributed by atoms with van der Waals surface area (Å²) in [5, 5.41) is 2.73. The highest BCUT2D eigenvalue weighted by molar-refractivity contribution is 6.08. The fourth-order valence-electron chi connectivity index (χ4n) is 3.08. The molecule has 2 N–H and O–H groups in total. The molecule has 0 saturated heterocycles. The molecule has 1 aliphatic rings. The molecular formula is C17H15FN4O. The van der Waals surface area contributed by atoms with Gasteiger partial charge in [0.05, 0.1) is 11.1 Å². The molecule has 0 aliphatic carbocycles. The Bertz CT molecular complexity index is 896. The number of amides is 1. The predicted molar refractivity (Wildman–Crippen MR) is 84.8 cm³/mol. The molecule has 4 rings (SSSR count). The summed E-state index contributed by atoms with van der Waals surface area (Å²) >= 11 is 0. The van der Waals surface area contributed by atoms with Gasteiger partial charge in [-0.25, -0.2) is 9.37 Å². The summed E-state index contributed by atoms with van der Waals surface area (Å²) in [6.45, 7) is 2.11. The topological polar surface area (TPSA) is 62.7 Å². The minimum atomic E-state index is -0.386. The number of benzene rings is 1. The highest BCUT2D eigenvalue weighted by atomic mass is 19.1. The van der Waals surface area contributed by atoms with Crippen molar-refractivity contribution in [3.8, 4) is 11.4 Å². The van der Waals surface area contributed by atoms with Crippen LogP contribution in [0.5, 0.6) is 0 Å². The first kappa shape index (κ1) is 13.8. The number of anilines is 1. The lowest BCUT2D eigenvalue weighted by Gasteiger charge is -2.22. The number of carbonyl (C=O) groups is 1. The number of rotatable bonds is 2. The maximum atomic E-state index is 13.3. The molecule has 3 aromatic rings. The van der Waals surface area contributed by atoms with Gasteiger partial charge in [0.15, 0.2) is 0 Å². The van der Waals surface area contributed by atoms with Crippen LogP contribution in [0, 0.1) is 5.82 Å². The van der Waals surface area contributed by atoms with Crippen LogP contribution in [0.3, 0.4) is 0 Å². The van der Waals surface area contributed by atoms with Crippen molar-refractivity contribution in [2.45, 2.75) is 19.4 Å². The van der Waals surface area contributed by atoms with Crippen molar-refractivity contribution in [2.24, 2.45) is 0 Å². The molecule has 0 saturated carbocycles. The molecule has 116 valence electrons. The maximum absolute atomic E-state index is 13.3. The summed E-state index contributed by atoms with van der Waals surface area (Å²) in [5.41, 5.74) is 2.77. The molecule has 5 nitrogen and oxygen atoms in total. The van der Waals surface area contributed by atoms with E-state index in [0.29, 0.717) is 11.3 Å². The number of nitrogens with zero attached hydrogens (tertiary/aromatic N) is 2. The molecule has 0 fully saturated rings. The minimum Gasteiger partial charge on any atom is -0.364 e. The zero-order valence-electron chi connectivity index (χ0n) is 12.5. The molecule has 1 aromatic carbocycles. The van der Waals surface area contributed by atoms with Gasteiger partial charge in [0.2, 0.25) is 0 Å². The standard InChI is InChI=1S/C17H15FN4O/c1-10-7-14-15(16-19-5-6-22(10)16)13(9-20-14)17(23)21-12-4-2-3-11(18)8-12/h2-6,8-10,20H,7H2,1H3,(H,21,23). The van der Waals surface area contributed by atoms with Gasteiger partial charge in [-0.3, -0.25) is 4.79 Å². The van der Waals surface area contributed by atoms with Crippen molar-refractivity contribution < 1.29 is 9.18 Å². The Balaban J connectivity index is 1.71. The third-order valence-electron chi connectivity index (χ3n) is 4.16. The van der Waals surface area contributed by atoms with Crippen LogP contribution in [0.15, 0.2) is 42.9 Å². The number of hydrogen-bond acceptors (Lipinski definition) is 2. The highest BCUT2D eigenvalue weighted by Gasteiger charge is 2.28. The zero-order chi connectivity index (χ0) is 16.0. The largest absolute Gasteiger partial charge is 0.364 e. The van der Waals surface area contributed by atoms with Crippen LogP contribution in [-0.2, 0) is 6.42 Å². The molecule has 3 heterocycles. The molecule has 0 spiro atoms. The lowest BCUT2D eigenvalue weighted by atomic mass is 10.0. The van der Waals surface area contributed by atoms with Crippen molar-refractivity contribution >= 4 is 11.6 Å². The van der Waals surface area contributed by atoms with Crippen LogP contribution >= 0.6 is 0 Å². The van der Waals surface area contributed by atoms with E-state index >= 15 is 0 Å².